The number of carbonyl (C=O) groups excluding carboxylic acids is 1. The SMILES string of the molecule is CNc1cccc(C(=O)N(C)Cc2cn[nH]c2)c1[N+](=O)[O-]. The van der Waals surface area contributed by atoms with E-state index >= 15 is 0 Å². The molecule has 21 heavy (non-hydrogen) atoms. The number of nitro benzene ring substituents is 1. The van der Waals surface area contributed by atoms with Gasteiger partial charge in [-0.05, 0) is 12.1 Å². The molecule has 8 heteroatoms. The first-order chi connectivity index (χ1) is 10.0. The van der Waals surface area contributed by atoms with Crippen LogP contribution in [0, 0.1) is 10.1 Å². The quantitative estimate of drug-likeness (QED) is 0.643. The molecule has 2 aromatic rings. The summed E-state index contributed by atoms with van der Waals surface area (Å²) < 4.78 is 0. The fraction of sp³-hybridized carbons (Fsp3) is 0.231. The van der Waals surface area contributed by atoms with E-state index in [-0.39, 0.29) is 11.3 Å². The van der Waals surface area contributed by atoms with Crippen molar-refractivity contribution < 1.29 is 9.72 Å². The van der Waals surface area contributed by atoms with Gasteiger partial charge in [-0.3, -0.25) is 20.0 Å². The third-order valence-electron chi connectivity index (χ3n) is 3.04. The number of nitrogens with zero attached hydrogens (tertiary/aromatic N) is 3. The highest BCUT2D eigenvalue weighted by Gasteiger charge is 2.26. The molecule has 0 aliphatic heterocycles. The first-order valence-corrected chi connectivity index (χ1v) is 6.23. The number of aromatic amines is 1. The van der Waals surface area contributed by atoms with E-state index in [1.807, 2.05) is 0 Å². The Morgan fingerprint density at radius 3 is 2.86 bits per heavy atom. The first-order valence-electron chi connectivity index (χ1n) is 6.23. The third kappa shape index (κ3) is 2.99. The second kappa shape index (κ2) is 6.04. The fourth-order valence-electron chi connectivity index (χ4n) is 2.03. The van der Waals surface area contributed by atoms with Crippen molar-refractivity contribution in [3.8, 4) is 0 Å². The number of para-hydroxylation sites is 1. The van der Waals surface area contributed by atoms with Crippen LogP contribution in [0.3, 0.4) is 0 Å². The van der Waals surface area contributed by atoms with Gasteiger partial charge in [-0.15, -0.1) is 0 Å². The van der Waals surface area contributed by atoms with E-state index in [2.05, 4.69) is 15.5 Å². The standard InChI is InChI=1S/C13H15N5O3/c1-14-11-5-3-4-10(12(11)18(20)21)13(19)17(2)8-9-6-15-16-7-9/h3-7,14H,8H2,1-2H3,(H,15,16). The monoisotopic (exact) mass is 289 g/mol. The average Bonchev–Trinajstić information content (AvgIpc) is 2.98. The van der Waals surface area contributed by atoms with Crippen LogP contribution >= 0.6 is 0 Å². The summed E-state index contributed by atoms with van der Waals surface area (Å²) >= 11 is 0. The minimum absolute atomic E-state index is 0.0536. The molecule has 0 radical (unpaired) electrons. The maximum atomic E-state index is 12.4. The number of hydrogen-bond donors (Lipinski definition) is 2. The number of nitrogens with one attached hydrogen (secondary N) is 2. The summed E-state index contributed by atoms with van der Waals surface area (Å²) in [6, 6.07) is 4.62. The molecule has 2 rings (SSSR count). The van der Waals surface area contributed by atoms with Crippen molar-refractivity contribution in [3.63, 3.8) is 0 Å². The van der Waals surface area contributed by atoms with Crippen LogP contribution in [0.15, 0.2) is 30.6 Å². The van der Waals surface area contributed by atoms with Crippen LogP contribution in [0.2, 0.25) is 0 Å². The molecule has 0 unspecified atom stereocenters. The first kappa shape index (κ1) is 14.5. The molecular weight excluding hydrogens is 274 g/mol. The molecule has 1 heterocycles. The van der Waals surface area contributed by atoms with Gasteiger partial charge in [-0.1, -0.05) is 6.07 Å². The number of H-pyrrole nitrogens is 1. The minimum atomic E-state index is -0.551. The summed E-state index contributed by atoms with van der Waals surface area (Å²) in [5.41, 5.74) is 0.961. The lowest BCUT2D eigenvalue weighted by molar-refractivity contribution is -0.384. The van der Waals surface area contributed by atoms with Gasteiger partial charge in [0.1, 0.15) is 11.3 Å². The van der Waals surface area contributed by atoms with E-state index < -0.39 is 10.8 Å². The van der Waals surface area contributed by atoms with Gasteiger partial charge in [-0.25, -0.2) is 0 Å². The number of rotatable bonds is 5. The predicted molar refractivity (Wildman–Crippen MR) is 77.0 cm³/mol. The van der Waals surface area contributed by atoms with Crippen LogP contribution in [0.4, 0.5) is 11.4 Å². The lowest BCUT2D eigenvalue weighted by Gasteiger charge is -2.17. The molecule has 0 fully saturated rings. The largest absolute Gasteiger partial charge is 0.383 e. The predicted octanol–water partition coefficient (Wildman–Crippen LogP) is 1.63. The van der Waals surface area contributed by atoms with E-state index in [4.69, 9.17) is 0 Å². The Morgan fingerprint density at radius 2 is 2.29 bits per heavy atom. The maximum Gasteiger partial charge on any atom is 0.305 e. The topological polar surface area (TPSA) is 104 Å². The molecular formula is C13H15N5O3. The highest BCUT2D eigenvalue weighted by Crippen LogP contribution is 2.29. The van der Waals surface area contributed by atoms with E-state index in [9.17, 15) is 14.9 Å². The number of carbonyl (C=O) groups is 1. The van der Waals surface area contributed by atoms with Crippen LogP contribution in [-0.2, 0) is 6.54 Å². The molecule has 0 bridgehead atoms. The molecule has 8 nitrogen and oxygen atoms in total. The molecule has 0 aliphatic rings. The van der Waals surface area contributed by atoms with Gasteiger partial charge >= 0.3 is 5.69 Å². The molecule has 110 valence electrons. The van der Waals surface area contributed by atoms with Gasteiger partial charge in [0.05, 0.1) is 11.1 Å². The molecule has 0 saturated carbocycles. The van der Waals surface area contributed by atoms with E-state index in [1.54, 1.807) is 38.6 Å². The minimum Gasteiger partial charge on any atom is -0.383 e. The molecule has 0 aliphatic carbocycles. The molecule has 1 aromatic carbocycles. The number of hydrogen-bond acceptors (Lipinski definition) is 5. The van der Waals surface area contributed by atoms with E-state index in [0.29, 0.717) is 12.2 Å². The van der Waals surface area contributed by atoms with Crippen LogP contribution in [-0.4, -0.2) is 40.0 Å². The summed E-state index contributed by atoms with van der Waals surface area (Å²) in [6.45, 7) is 0.316. The van der Waals surface area contributed by atoms with E-state index in [0.717, 1.165) is 5.56 Å². The zero-order valence-corrected chi connectivity index (χ0v) is 11.7. The molecule has 0 spiro atoms. The van der Waals surface area contributed by atoms with Gasteiger partial charge in [0.2, 0.25) is 0 Å². The zero-order valence-electron chi connectivity index (χ0n) is 11.7. The molecule has 1 amide bonds. The normalized spacial score (nSPS) is 10.2. The lowest BCUT2D eigenvalue weighted by atomic mass is 10.1. The van der Waals surface area contributed by atoms with Crippen molar-refractivity contribution in [1.82, 2.24) is 15.1 Å². The molecule has 1 aromatic heterocycles. The van der Waals surface area contributed by atoms with E-state index in [1.165, 1.54) is 11.0 Å². The van der Waals surface area contributed by atoms with Crippen LogP contribution < -0.4 is 5.32 Å². The summed E-state index contributed by atoms with van der Waals surface area (Å²) in [6.07, 6.45) is 3.27. The number of nitro groups is 1. The van der Waals surface area contributed by atoms with Crippen molar-refractivity contribution in [1.29, 1.82) is 0 Å². The van der Waals surface area contributed by atoms with Crippen molar-refractivity contribution in [2.75, 3.05) is 19.4 Å². The second-order valence-corrected chi connectivity index (χ2v) is 4.48. The Bertz CT molecular complexity index is 654. The Morgan fingerprint density at radius 1 is 1.52 bits per heavy atom. The fourth-order valence-corrected chi connectivity index (χ4v) is 2.03. The van der Waals surface area contributed by atoms with Crippen molar-refractivity contribution >= 4 is 17.3 Å². The average molecular weight is 289 g/mol. The summed E-state index contributed by atoms with van der Waals surface area (Å²) in [5, 5.41) is 20.4. The van der Waals surface area contributed by atoms with Crippen LogP contribution in [0.25, 0.3) is 0 Å². The van der Waals surface area contributed by atoms with Gasteiger partial charge in [0.25, 0.3) is 5.91 Å². The highest BCUT2D eigenvalue weighted by molar-refractivity contribution is 6.00. The van der Waals surface area contributed by atoms with Crippen LogP contribution in [0.1, 0.15) is 15.9 Å². The summed E-state index contributed by atoms with van der Waals surface area (Å²) in [7, 11) is 3.16. The molecule has 0 atom stereocenters. The van der Waals surface area contributed by atoms with Crippen molar-refractivity contribution in [3.05, 3.63) is 51.8 Å². The number of aromatic nitrogens is 2. The van der Waals surface area contributed by atoms with Crippen molar-refractivity contribution in [2.45, 2.75) is 6.54 Å². The second-order valence-electron chi connectivity index (χ2n) is 4.48. The zero-order chi connectivity index (χ0) is 15.4. The Labute approximate surface area is 120 Å². The smallest absolute Gasteiger partial charge is 0.305 e. The van der Waals surface area contributed by atoms with Crippen molar-refractivity contribution in [2.24, 2.45) is 0 Å². The maximum absolute atomic E-state index is 12.4. The van der Waals surface area contributed by atoms with Gasteiger partial charge in [-0.2, -0.15) is 5.10 Å². The number of amides is 1. The Kier molecular flexibility index (Phi) is 4.17. The summed E-state index contributed by atoms with van der Waals surface area (Å²) in [5.74, 6) is -0.417. The van der Waals surface area contributed by atoms with Gasteiger partial charge in [0.15, 0.2) is 0 Å². The Hall–Kier alpha value is -2.90. The lowest BCUT2D eigenvalue weighted by Crippen LogP contribution is -2.27. The number of benzene rings is 1. The van der Waals surface area contributed by atoms with Gasteiger partial charge < -0.3 is 10.2 Å². The van der Waals surface area contributed by atoms with Gasteiger partial charge in [0, 0.05) is 32.4 Å². The Balaban J connectivity index is 2.32. The highest BCUT2D eigenvalue weighted by atomic mass is 16.6. The number of anilines is 1. The summed E-state index contributed by atoms with van der Waals surface area (Å²) in [4.78, 5) is 24.5. The third-order valence-corrected chi connectivity index (χ3v) is 3.04. The molecule has 2 N–H and O–H groups in total. The van der Waals surface area contributed by atoms with Crippen LogP contribution in [0.5, 0.6) is 0 Å². The molecule has 0 saturated heterocycles.